The number of hydrogen-bond acceptors (Lipinski definition) is 3. The van der Waals surface area contributed by atoms with E-state index in [1.807, 2.05) is 17.9 Å². The van der Waals surface area contributed by atoms with Crippen molar-refractivity contribution in [3.8, 4) is 0 Å². The van der Waals surface area contributed by atoms with E-state index in [1.54, 1.807) is 0 Å². The fraction of sp³-hybridized carbons (Fsp3) is 0.600. The van der Waals surface area contributed by atoms with E-state index >= 15 is 0 Å². The smallest absolute Gasteiger partial charge is 0.223 e. The molecule has 1 aliphatic heterocycles. The van der Waals surface area contributed by atoms with E-state index in [-0.39, 0.29) is 16.7 Å². The van der Waals surface area contributed by atoms with Crippen molar-refractivity contribution in [1.29, 1.82) is 0 Å². The van der Waals surface area contributed by atoms with Gasteiger partial charge in [-0.3, -0.25) is 14.4 Å². The summed E-state index contributed by atoms with van der Waals surface area (Å²) in [6.45, 7) is 3.95. The van der Waals surface area contributed by atoms with Gasteiger partial charge in [0.25, 0.3) is 0 Å². The van der Waals surface area contributed by atoms with Gasteiger partial charge in [0, 0.05) is 43.2 Å². The number of aromatic nitrogens is 2. The Labute approximate surface area is 179 Å². The van der Waals surface area contributed by atoms with Crippen LogP contribution in [-0.2, 0) is 23.8 Å². The number of rotatable bonds is 6. The molecule has 0 bridgehead atoms. The Bertz CT molecular complexity index is 876. The van der Waals surface area contributed by atoms with Gasteiger partial charge in [0.15, 0.2) is 0 Å². The van der Waals surface area contributed by atoms with Gasteiger partial charge in [0.2, 0.25) is 5.91 Å². The topological polar surface area (TPSA) is 50.2 Å². The molecule has 30 heavy (non-hydrogen) atoms. The lowest BCUT2D eigenvalue weighted by molar-refractivity contribution is -0.123. The summed E-state index contributed by atoms with van der Waals surface area (Å²) in [5.41, 5.74) is 3.09. The SMILES string of the molecule is Cn1cc(CN2CCC3(CC2)C[C@@H]3C(=O)NCC2(c3ccccc3)CCCC2)cn1. The Kier molecular flexibility index (Phi) is 5.18. The molecular formula is C25H34N4O. The standard InChI is InChI=1S/C25H34N4O/c1-28-17-20(16-27-28)18-29-13-11-24(12-14-29)15-22(24)23(30)26-19-25(9-5-6-10-25)21-7-3-2-4-8-21/h2-4,7-8,16-17,22H,5-6,9-15,18-19H2,1H3,(H,26,30)/t22-/m1/s1. The number of amides is 1. The molecule has 5 heteroatoms. The Balaban J connectivity index is 1.14. The molecule has 0 radical (unpaired) electrons. The van der Waals surface area contributed by atoms with E-state index in [4.69, 9.17) is 0 Å². The van der Waals surface area contributed by atoms with Crippen LogP contribution in [0.25, 0.3) is 0 Å². The van der Waals surface area contributed by atoms with Crippen LogP contribution in [0.15, 0.2) is 42.7 Å². The number of benzene rings is 1. The largest absolute Gasteiger partial charge is 0.355 e. The number of carbonyl (C=O) groups excluding carboxylic acids is 1. The third-order valence-corrected chi connectivity index (χ3v) is 8.07. The Morgan fingerprint density at radius 1 is 1.13 bits per heavy atom. The highest BCUT2D eigenvalue weighted by Gasteiger charge is 2.58. The summed E-state index contributed by atoms with van der Waals surface area (Å²) in [7, 11) is 1.97. The number of hydrogen-bond donors (Lipinski definition) is 1. The van der Waals surface area contributed by atoms with E-state index in [1.165, 1.54) is 36.8 Å². The first-order valence-corrected chi connectivity index (χ1v) is 11.6. The molecule has 2 heterocycles. The molecule has 3 fully saturated rings. The first kappa shape index (κ1) is 19.8. The summed E-state index contributed by atoms with van der Waals surface area (Å²) >= 11 is 0. The summed E-state index contributed by atoms with van der Waals surface area (Å²) in [5.74, 6) is 0.533. The summed E-state index contributed by atoms with van der Waals surface area (Å²) in [6.07, 6.45) is 12.4. The highest BCUT2D eigenvalue weighted by Crippen LogP contribution is 2.59. The van der Waals surface area contributed by atoms with Gasteiger partial charge in [-0.05, 0) is 56.2 Å². The molecule has 5 nitrogen and oxygen atoms in total. The normalized spacial score (nSPS) is 24.8. The average molecular weight is 407 g/mol. The zero-order valence-corrected chi connectivity index (χ0v) is 18.1. The van der Waals surface area contributed by atoms with Crippen LogP contribution in [-0.4, -0.2) is 40.2 Å². The molecule has 3 aliphatic rings. The van der Waals surface area contributed by atoms with Crippen molar-refractivity contribution in [3.05, 3.63) is 53.9 Å². The van der Waals surface area contributed by atoms with Gasteiger partial charge in [0.05, 0.1) is 6.20 Å². The molecule has 2 saturated carbocycles. The van der Waals surface area contributed by atoms with Crippen molar-refractivity contribution in [3.63, 3.8) is 0 Å². The van der Waals surface area contributed by atoms with Gasteiger partial charge in [-0.15, -0.1) is 0 Å². The Hall–Kier alpha value is -2.14. The number of aryl methyl sites for hydroxylation is 1. The van der Waals surface area contributed by atoms with Crippen LogP contribution in [0.5, 0.6) is 0 Å². The summed E-state index contributed by atoms with van der Waals surface area (Å²) in [5, 5.41) is 7.66. The second-order valence-electron chi connectivity index (χ2n) is 9.99. The molecule has 1 atom stereocenters. The number of carbonyl (C=O) groups is 1. The van der Waals surface area contributed by atoms with E-state index in [0.29, 0.717) is 5.91 Å². The quantitative estimate of drug-likeness (QED) is 0.797. The lowest BCUT2D eigenvalue weighted by Crippen LogP contribution is -2.41. The van der Waals surface area contributed by atoms with Crippen molar-refractivity contribution < 1.29 is 4.79 Å². The molecule has 160 valence electrons. The van der Waals surface area contributed by atoms with Gasteiger partial charge in [-0.1, -0.05) is 43.2 Å². The minimum absolute atomic E-state index is 0.145. The number of piperidine rings is 1. The number of nitrogens with zero attached hydrogens (tertiary/aromatic N) is 3. The summed E-state index contributed by atoms with van der Waals surface area (Å²) in [4.78, 5) is 15.6. The predicted molar refractivity (Wildman–Crippen MR) is 118 cm³/mol. The van der Waals surface area contributed by atoms with Crippen molar-refractivity contribution in [2.45, 2.75) is 56.9 Å². The van der Waals surface area contributed by atoms with Gasteiger partial charge < -0.3 is 5.32 Å². The second kappa shape index (κ2) is 7.84. The van der Waals surface area contributed by atoms with E-state index < -0.39 is 0 Å². The third kappa shape index (κ3) is 3.80. The van der Waals surface area contributed by atoms with Crippen molar-refractivity contribution in [1.82, 2.24) is 20.0 Å². The monoisotopic (exact) mass is 406 g/mol. The van der Waals surface area contributed by atoms with Crippen LogP contribution in [0, 0.1) is 11.3 Å². The zero-order chi connectivity index (χ0) is 20.6. The maximum atomic E-state index is 13.0. The highest BCUT2D eigenvalue weighted by atomic mass is 16.2. The third-order valence-electron chi connectivity index (χ3n) is 8.07. The molecule has 1 amide bonds. The predicted octanol–water partition coefficient (Wildman–Crippen LogP) is 3.65. The Morgan fingerprint density at radius 2 is 1.87 bits per heavy atom. The van der Waals surface area contributed by atoms with Crippen LogP contribution in [0.3, 0.4) is 0 Å². The maximum absolute atomic E-state index is 13.0. The minimum atomic E-state index is 0.145. The van der Waals surface area contributed by atoms with Crippen LogP contribution < -0.4 is 5.32 Å². The molecule has 1 N–H and O–H groups in total. The summed E-state index contributed by atoms with van der Waals surface area (Å²) < 4.78 is 1.87. The van der Waals surface area contributed by atoms with Gasteiger partial charge in [-0.2, -0.15) is 5.10 Å². The fourth-order valence-corrected chi connectivity index (χ4v) is 6.03. The van der Waals surface area contributed by atoms with Crippen LogP contribution in [0.2, 0.25) is 0 Å². The molecule has 1 aromatic heterocycles. The van der Waals surface area contributed by atoms with E-state index in [2.05, 4.69) is 51.8 Å². The summed E-state index contributed by atoms with van der Waals surface area (Å²) in [6, 6.07) is 10.8. The number of nitrogens with one attached hydrogen (secondary N) is 1. The van der Waals surface area contributed by atoms with Crippen molar-refractivity contribution in [2.75, 3.05) is 19.6 Å². The highest BCUT2D eigenvalue weighted by molar-refractivity contribution is 5.82. The maximum Gasteiger partial charge on any atom is 0.223 e. The van der Waals surface area contributed by atoms with Gasteiger partial charge >= 0.3 is 0 Å². The lowest BCUT2D eigenvalue weighted by Gasteiger charge is -2.33. The van der Waals surface area contributed by atoms with Gasteiger partial charge in [0.1, 0.15) is 0 Å². The molecule has 2 aromatic rings. The minimum Gasteiger partial charge on any atom is -0.355 e. The van der Waals surface area contributed by atoms with Crippen LogP contribution >= 0.6 is 0 Å². The van der Waals surface area contributed by atoms with Crippen molar-refractivity contribution in [2.24, 2.45) is 18.4 Å². The van der Waals surface area contributed by atoms with Crippen LogP contribution in [0.4, 0.5) is 0 Å². The second-order valence-corrected chi connectivity index (χ2v) is 9.99. The van der Waals surface area contributed by atoms with Crippen molar-refractivity contribution >= 4 is 5.91 Å². The fourth-order valence-electron chi connectivity index (χ4n) is 6.03. The molecule has 1 saturated heterocycles. The molecule has 1 spiro atoms. The molecule has 5 rings (SSSR count). The molecule has 2 aliphatic carbocycles. The van der Waals surface area contributed by atoms with E-state index in [9.17, 15) is 4.79 Å². The molecule has 1 aromatic carbocycles. The Morgan fingerprint density at radius 3 is 2.53 bits per heavy atom. The first-order valence-electron chi connectivity index (χ1n) is 11.6. The van der Waals surface area contributed by atoms with Crippen LogP contribution in [0.1, 0.15) is 56.1 Å². The lowest BCUT2D eigenvalue weighted by atomic mass is 9.78. The van der Waals surface area contributed by atoms with E-state index in [0.717, 1.165) is 45.4 Å². The molecular weight excluding hydrogens is 372 g/mol. The first-order chi connectivity index (χ1) is 14.6. The average Bonchev–Trinajstić information content (AvgIpc) is 3.07. The molecule has 0 unspecified atom stereocenters. The zero-order valence-electron chi connectivity index (χ0n) is 18.1. The number of likely N-dealkylation sites (tertiary alicyclic amines) is 1. The van der Waals surface area contributed by atoms with Gasteiger partial charge in [-0.25, -0.2) is 0 Å².